The van der Waals surface area contributed by atoms with Gasteiger partial charge < -0.3 is 10.4 Å². The molecule has 0 spiro atoms. The van der Waals surface area contributed by atoms with Gasteiger partial charge in [-0.25, -0.2) is 4.79 Å². The molecule has 126 valence electrons. The molecular weight excluding hydrogens is 322 g/mol. The Kier molecular flexibility index (Phi) is 6.88. The highest BCUT2D eigenvalue weighted by atomic mass is 32.2. The summed E-state index contributed by atoms with van der Waals surface area (Å²) >= 11 is 1.45. The SMILES string of the molecule is CCC(Sc1ccccc1)C(=O)NC(Cc1ccccc1)C(=O)O. The monoisotopic (exact) mass is 343 g/mol. The van der Waals surface area contributed by atoms with Crippen molar-refractivity contribution < 1.29 is 14.7 Å². The number of aliphatic carboxylic acids is 1. The molecule has 0 saturated carbocycles. The molecule has 0 aromatic heterocycles. The fourth-order valence-electron chi connectivity index (χ4n) is 2.30. The highest BCUT2D eigenvalue weighted by Gasteiger charge is 2.25. The second-order valence-electron chi connectivity index (χ2n) is 5.42. The van der Waals surface area contributed by atoms with Crippen LogP contribution in [0.5, 0.6) is 0 Å². The summed E-state index contributed by atoms with van der Waals surface area (Å²) in [6.07, 6.45) is 0.900. The first-order chi connectivity index (χ1) is 11.6. The average molecular weight is 343 g/mol. The Morgan fingerprint density at radius 1 is 1.04 bits per heavy atom. The highest BCUT2D eigenvalue weighted by molar-refractivity contribution is 8.00. The lowest BCUT2D eigenvalue weighted by Crippen LogP contribution is -2.45. The Labute approximate surface area is 146 Å². The molecule has 2 N–H and O–H groups in total. The molecule has 0 aliphatic rings. The van der Waals surface area contributed by atoms with Gasteiger partial charge in [0.15, 0.2) is 0 Å². The zero-order valence-corrected chi connectivity index (χ0v) is 14.3. The number of carbonyl (C=O) groups is 2. The van der Waals surface area contributed by atoms with Crippen LogP contribution in [-0.2, 0) is 16.0 Å². The first-order valence-electron chi connectivity index (χ1n) is 7.89. The summed E-state index contributed by atoms with van der Waals surface area (Å²) in [6, 6.07) is 18.0. The van der Waals surface area contributed by atoms with Gasteiger partial charge in [-0.15, -0.1) is 11.8 Å². The lowest BCUT2D eigenvalue weighted by molar-refractivity contribution is -0.141. The zero-order valence-electron chi connectivity index (χ0n) is 13.5. The summed E-state index contributed by atoms with van der Waals surface area (Å²) in [6.45, 7) is 1.92. The molecule has 1 amide bonds. The maximum atomic E-state index is 12.5. The fraction of sp³-hybridized carbons (Fsp3) is 0.263. The molecule has 4 nitrogen and oxygen atoms in total. The van der Waals surface area contributed by atoms with E-state index in [9.17, 15) is 14.7 Å². The maximum absolute atomic E-state index is 12.5. The van der Waals surface area contributed by atoms with Gasteiger partial charge in [0.05, 0.1) is 5.25 Å². The molecule has 2 rings (SSSR count). The molecule has 0 saturated heterocycles. The maximum Gasteiger partial charge on any atom is 0.326 e. The zero-order chi connectivity index (χ0) is 17.4. The molecule has 2 unspecified atom stereocenters. The second-order valence-corrected chi connectivity index (χ2v) is 6.69. The van der Waals surface area contributed by atoms with Crippen molar-refractivity contribution in [1.82, 2.24) is 5.32 Å². The highest BCUT2D eigenvalue weighted by Crippen LogP contribution is 2.25. The molecule has 0 radical (unpaired) electrons. The summed E-state index contributed by atoms with van der Waals surface area (Å²) in [7, 11) is 0. The summed E-state index contributed by atoms with van der Waals surface area (Å²) < 4.78 is 0. The molecule has 0 aliphatic heterocycles. The number of thioether (sulfide) groups is 1. The van der Waals surface area contributed by atoms with E-state index in [1.165, 1.54) is 11.8 Å². The van der Waals surface area contributed by atoms with E-state index < -0.39 is 12.0 Å². The minimum absolute atomic E-state index is 0.241. The number of carboxylic acids is 1. The van der Waals surface area contributed by atoms with Crippen molar-refractivity contribution in [3.05, 3.63) is 66.2 Å². The van der Waals surface area contributed by atoms with E-state index >= 15 is 0 Å². The van der Waals surface area contributed by atoms with Crippen LogP contribution in [0.3, 0.4) is 0 Å². The molecule has 0 aliphatic carbocycles. The largest absolute Gasteiger partial charge is 0.480 e. The van der Waals surface area contributed by atoms with Gasteiger partial charge in [-0.05, 0) is 24.1 Å². The van der Waals surface area contributed by atoms with Crippen LogP contribution in [0.2, 0.25) is 0 Å². The van der Waals surface area contributed by atoms with Gasteiger partial charge in [0.2, 0.25) is 5.91 Å². The molecule has 0 bridgehead atoms. The molecule has 0 heterocycles. The number of nitrogens with one attached hydrogen (secondary N) is 1. The van der Waals surface area contributed by atoms with Crippen LogP contribution in [0.1, 0.15) is 18.9 Å². The predicted molar refractivity (Wildman–Crippen MR) is 96.1 cm³/mol. The number of hydrogen-bond acceptors (Lipinski definition) is 3. The number of carbonyl (C=O) groups excluding carboxylic acids is 1. The van der Waals surface area contributed by atoms with Crippen molar-refractivity contribution in [3.8, 4) is 0 Å². The smallest absolute Gasteiger partial charge is 0.326 e. The van der Waals surface area contributed by atoms with Crippen molar-refractivity contribution in [2.75, 3.05) is 0 Å². The van der Waals surface area contributed by atoms with E-state index in [0.29, 0.717) is 6.42 Å². The summed E-state index contributed by atoms with van der Waals surface area (Å²) in [5.41, 5.74) is 0.883. The summed E-state index contributed by atoms with van der Waals surface area (Å²) in [4.78, 5) is 25.0. The molecule has 2 aromatic carbocycles. The lowest BCUT2D eigenvalue weighted by atomic mass is 10.1. The Balaban J connectivity index is 2.01. The minimum atomic E-state index is -1.02. The lowest BCUT2D eigenvalue weighted by Gasteiger charge is -2.19. The molecular formula is C19H21NO3S. The van der Waals surface area contributed by atoms with Crippen molar-refractivity contribution in [1.29, 1.82) is 0 Å². The van der Waals surface area contributed by atoms with Gasteiger partial charge in [-0.2, -0.15) is 0 Å². The Morgan fingerprint density at radius 2 is 1.62 bits per heavy atom. The number of benzene rings is 2. The summed E-state index contributed by atoms with van der Waals surface area (Å²) in [5.74, 6) is -1.26. The quantitative estimate of drug-likeness (QED) is 0.721. The van der Waals surface area contributed by atoms with Crippen LogP contribution >= 0.6 is 11.8 Å². The Morgan fingerprint density at radius 3 is 2.17 bits per heavy atom. The average Bonchev–Trinajstić information content (AvgIpc) is 2.60. The third-order valence-electron chi connectivity index (χ3n) is 3.58. The van der Waals surface area contributed by atoms with E-state index in [2.05, 4.69) is 5.32 Å². The van der Waals surface area contributed by atoms with Crippen molar-refractivity contribution >= 4 is 23.6 Å². The van der Waals surface area contributed by atoms with Gasteiger partial charge >= 0.3 is 5.97 Å². The van der Waals surface area contributed by atoms with E-state index in [1.807, 2.05) is 67.6 Å². The Bertz CT molecular complexity index is 661. The van der Waals surface area contributed by atoms with E-state index in [4.69, 9.17) is 0 Å². The van der Waals surface area contributed by atoms with Gasteiger partial charge in [-0.3, -0.25) is 4.79 Å². The third kappa shape index (κ3) is 5.42. The topological polar surface area (TPSA) is 66.4 Å². The van der Waals surface area contributed by atoms with Crippen LogP contribution in [0, 0.1) is 0 Å². The van der Waals surface area contributed by atoms with E-state index in [0.717, 1.165) is 10.5 Å². The fourth-order valence-corrected chi connectivity index (χ4v) is 3.28. The molecule has 5 heteroatoms. The van der Waals surface area contributed by atoms with Crippen LogP contribution in [0.4, 0.5) is 0 Å². The van der Waals surface area contributed by atoms with Crippen LogP contribution in [-0.4, -0.2) is 28.3 Å². The third-order valence-corrected chi connectivity index (χ3v) is 4.96. The molecule has 2 aromatic rings. The summed E-state index contributed by atoms with van der Waals surface area (Å²) in [5, 5.41) is 11.8. The number of carboxylic acid groups (broad SMARTS) is 1. The van der Waals surface area contributed by atoms with Crippen LogP contribution in [0.25, 0.3) is 0 Å². The second kappa shape index (κ2) is 9.13. The minimum Gasteiger partial charge on any atom is -0.480 e. The standard InChI is InChI=1S/C19H21NO3S/c1-2-17(24-15-11-7-4-8-12-15)18(21)20-16(19(22)23)13-14-9-5-3-6-10-14/h3-12,16-17H,2,13H2,1H3,(H,20,21)(H,22,23). The molecule has 2 atom stereocenters. The van der Waals surface area contributed by atoms with Crippen LogP contribution < -0.4 is 5.32 Å². The first-order valence-corrected chi connectivity index (χ1v) is 8.77. The van der Waals surface area contributed by atoms with Crippen molar-refractivity contribution in [3.63, 3.8) is 0 Å². The van der Waals surface area contributed by atoms with Crippen molar-refractivity contribution in [2.24, 2.45) is 0 Å². The van der Waals surface area contributed by atoms with Crippen molar-refractivity contribution in [2.45, 2.75) is 36.0 Å². The first kappa shape index (κ1) is 18.1. The number of amides is 1. The van der Waals surface area contributed by atoms with Gasteiger partial charge in [0, 0.05) is 11.3 Å². The van der Waals surface area contributed by atoms with Gasteiger partial charge in [0.25, 0.3) is 0 Å². The normalized spacial score (nSPS) is 13.0. The molecule has 0 fully saturated rings. The molecule has 24 heavy (non-hydrogen) atoms. The number of rotatable bonds is 8. The van der Waals surface area contributed by atoms with Crippen LogP contribution in [0.15, 0.2) is 65.6 Å². The van der Waals surface area contributed by atoms with E-state index in [1.54, 1.807) is 0 Å². The van der Waals surface area contributed by atoms with Gasteiger partial charge in [-0.1, -0.05) is 55.5 Å². The predicted octanol–water partition coefficient (Wildman–Crippen LogP) is 3.37. The van der Waals surface area contributed by atoms with Gasteiger partial charge in [0.1, 0.15) is 6.04 Å². The number of hydrogen-bond donors (Lipinski definition) is 2. The Hall–Kier alpha value is -2.27. The van der Waals surface area contributed by atoms with E-state index in [-0.39, 0.29) is 17.6 Å².